The Balaban J connectivity index is 2.68. The first kappa shape index (κ1) is 10.9. The summed E-state index contributed by atoms with van der Waals surface area (Å²) in [6.07, 6.45) is 0. The van der Waals surface area contributed by atoms with E-state index in [-0.39, 0.29) is 5.56 Å². The van der Waals surface area contributed by atoms with Gasteiger partial charge in [-0.1, -0.05) is 6.07 Å². The van der Waals surface area contributed by atoms with E-state index in [1.165, 1.54) is 0 Å². The summed E-state index contributed by atoms with van der Waals surface area (Å²) in [5.74, 6) is 0.795. The molecule has 3 aromatic rings. The molecule has 4 nitrogen and oxygen atoms in total. The van der Waals surface area contributed by atoms with Crippen molar-refractivity contribution in [3.8, 4) is 5.75 Å². The smallest absolute Gasteiger partial charge is 0.248 e. The maximum absolute atomic E-state index is 11.7. The van der Waals surface area contributed by atoms with Crippen LogP contribution in [0.15, 0.2) is 29.1 Å². The van der Waals surface area contributed by atoms with Gasteiger partial charge >= 0.3 is 0 Å². The summed E-state index contributed by atoms with van der Waals surface area (Å²) in [6, 6.07) is 7.53. The van der Waals surface area contributed by atoms with Crippen LogP contribution in [0.4, 0.5) is 0 Å². The summed E-state index contributed by atoms with van der Waals surface area (Å²) in [6.45, 7) is 1.91. The van der Waals surface area contributed by atoms with Crippen molar-refractivity contribution < 1.29 is 4.74 Å². The molecular formula is C14H14N2O2. The fourth-order valence-electron chi connectivity index (χ4n) is 2.66. The minimum atomic E-state index is -0.0848. The lowest BCUT2D eigenvalue weighted by Crippen LogP contribution is -2.06. The highest BCUT2D eigenvalue weighted by Crippen LogP contribution is 2.34. The molecule has 0 fully saturated rings. The second kappa shape index (κ2) is 3.63. The average Bonchev–Trinajstić information content (AvgIpc) is 2.63. The van der Waals surface area contributed by atoms with Crippen LogP contribution >= 0.6 is 0 Å². The van der Waals surface area contributed by atoms with Crippen molar-refractivity contribution in [2.24, 2.45) is 7.05 Å². The minimum absolute atomic E-state index is 0.0848. The van der Waals surface area contributed by atoms with Gasteiger partial charge in [-0.25, -0.2) is 0 Å². The molecule has 0 aliphatic rings. The lowest BCUT2D eigenvalue weighted by Gasteiger charge is -2.02. The fraction of sp³-hybridized carbons (Fsp3) is 0.214. The third-order valence-electron chi connectivity index (χ3n) is 3.39. The Labute approximate surface area is 104 Å². The maximum Gasteiger partial charge on any atom is 0.248 e. The summed E-state index contributed by atoms with van der Waals surface area (Å²) in [4.78, 5) is 14.5. The number of rotatable bonds is 1. The zero-order valence-electron chi connectivity index (χ0n) is 10.6. The molecule has 0 unspecified atom stereocenters. The van der Waals surface area contributed by atoms with Crippen LogP contribution in [0, 0.1) is 6.92 Å². The molecule has 18 heavy (non-hydrogen) atoms. The topological polar surface area (TPSA) is 47.0 Å². The summed E-state index contributed by atoms with van der Waals surface area (Å²) >= 11 is 0. The molecule has 2 heterocycles. The van der Waals surface area contributed by atoms with Crippen LogP contribution in [0.5, 0.6) is 5.75 Å². The van der Waals surface area contributed by atoms with Crippen molar-refractivity contribution in [1.29, 1.82) is 0 Å². The van der Waals surface area contributed by atoms with Crippen LogP contribution in [-0.2, 0) is 7.05 Å². The normalized spacial score (nSPS) is 11.3. The predicted octanol–water partition coefficient (Wildman–Crippen LogP) is 2.34. The van der Waals surface area contributed by atoms with Gasteiger partial charge in [0, 0.05) is 29.6 Å². The van der Waals surface area contributed by atoms with E-state index in [1.807, 2.05) is 32.2 Å². The Kier molecular flexibility index (Phi) is 2.20. The number of hydrogen-bond acceptors (Lipinski definition) is 2. The number of ether oxygens (including phenoxy) is 1. The van der Waals surface area contributed by atoms with E-state index in [1.54, 1.807) is 13.2 Å². The molecule has 0 saturated heterocycles. The first-order valence-corrected chi connectivity index (χ1v) is 5.78. The van der Waals surface area contributed by atoms with Crippen molar-refractivity contribution in [2.45, 2.75) is 6.92 Å². The van der Waals surface area contributed by atoms with Crippen LogP contribution < -0.4 is 10.3 Å². The van der Waals surface area contributed by atoms with Crippen LogP contribution in [0.3, 0.4) is 0 Å². The van der Waals surface area contributed by atoms with Crippen molar-refractivity contribution in [3.05, 3.63) is 40.3 Å². The molecular weight excluding hydrogens is 228 g/mol. The van der Waals surface area contributed by atoms with E-state index < -0.39 is 0 Å². The van der Waals surface area contributed by atoms with E-state index in [0.29, 0.717) is 0 Å². The fourth-order valence-corrected chi connectivity index (χ4v) is 2.66. The summed E-state index contributed by atoms with van der Waals surface area (Å²) < 4.78 is 7.48. The molecule has 1 aromatic carbocycles. The zero-order valence-corrected chi connectivity index (χ0v) is 10.6. The molecule has 0 saturated carbocycles. The number of aryl methyl sites for hydroxylation is 2. The van der Waals surface area contributed by atoms with E-state index in [0.717, 1.165) is 33.2 Å². The molecule has 4 heteroatoms. The molecule has 2 aromatic heterocycles. The number of benzene rings is 1. The van der Waals surface area contributed by atoms with Crippen LogP contribution in [-0.4, -0.2) is 16.7 Å². The van der Waals surface area contributed by atoms with Gasteiger partial charge in [-0.05, 0) is 19.1 Å². The number of methoxy groups -OCH3 is 1. The summed E-state index contributed by atoms with van der Waals surface area (Å²) in [5, 5.41) is 1.93. The number of nitrogens with zero attached hydrogens (tertiary/aromatic N) is 1. The van der Waals surface area contributed by atoms with Gasteiger partial charge in [0.05, 0.1) is 18.1 Å². The zero-order chi connectivity index (χ0) is 12.9. The van der Waals surface area contributed by atoms with Crippen LogP contribution in [0.25, 0.3) is 21.8 Å². The Morgan fingerprint density at radius 3 is 2.83 bits per heavy atom. The Morgan fingerprint density at radius 2 is 2.11 bits per heavy atom. The van der Waals surface area contributed by atoms with Crippen molar-refractivity contribution >= 4 is 21.8 Å². The highest BCUT2D eigenvalue weighted by Gasteiger charge is 2.14. The number of fused-ring (bicyclic) bond motifs is 3. The van der Waals surface area contributed by atoms with Crippen molar-refractivity contribution in [2.75, 3.05) is 7.11 Å². The van der Waals surface area contributed by atoms with Crippen molar-refractivity contribution in [1.82, 2.24) is 9.55 Å². The van der Waals surface area contributed by atoms with Gasteiger partial charge in [0.15, 0.2) is 0 Å². The molecule has 1 N–H and O–H groups in total. The second-order valence-corrected chi connectivity index (χ2v) is 4.43. The third-order valence-corrected chi connectivity index (χ3v) is 3.39. The number of pyridine rings is 1. The Hall–Kier alpha value is -2.23. The van der Waals surface area contributed by atoms with Crippen LogP contribution in [0.1, 0.15) is 5.69 Å². The molecule has 0 bridgehead atoms. The predicted molar refractivity (Wildman–Crippen MR) is 72.3 cm³/mol. The van der Waals surface area contributed by atoms with Crippen molar-refractivity contribution in [3.63, 3.8) is 0 Å². The van der Waals surface area contributed by atoms with E-state index in [2.05, 4.69) is 9.55 Å². The Morgan fingerprint density at radius 1 is 1.33 bits per heavy atom. The summed E-state index contributed by atoms with van der Waals surface area (Å²) in [7, 11) is 3.64. The lowest BCUT2D eigenvalue weighted by atomic mass is 10.1. The highest BCUT2D eigenvalue weighted by atomic mass is 16.5. The number of H-pyrrole nitrogens is 1. The molecule has 0 atom stereocenters. The SMILES string of the molecule is COc1cccc2c1c1cc(=O)[nH]c(C)c1n2C. The van der Waals surface area contributed by atoms with Gasteiger partial charge in [-0.3, -0.25) is 4.79 Å². The maximum atomic E-state index is 11.7. The van der Waals surface area contributed by atoms with Gasteiger partial charge in [0.25, 0.3) is 0 Å². The van der Waals surface area contributed by atoms with Gasteiger partial charge < -0.3 is 14.3 Å². The van der Waals surface area contributed by atoms with Gasteiger partial charge in [0.1, 0.15) is 5.75 Å². The third kappa shape index (κ3) is 1.29. The molecule has 0 amide bonds. The lowest BCUT2D eigenvalue weighted by molar-refractivity contribution is 0.420. The highest BCUT2D eigenvalue weighted by molar-refractivity contribution is 6.11. The van der Waals surface area contributed by atoms with Gasteiger partial charge in [-0.15, -0.1) is 0 Å². The quantitative estimate of drug-likeness (QED) is 0.712. The van der Waals surface area contributed by atoms with E-state index >= 15 is 0 Å². The molecule has 3 rings (SSSR count). The van der Waals surface area contributed by atoms with Gasteiger partial charge in [-0.2, -0.15) is 0 Å². The van der Waals surface area contributed by atoms with E-state index in [4.69, 9.17) is 4.74 Å². The number of hydrogen-bond donors (Lipinski definition) is 1. The molecule has 0 aliphatic heterocycles. The summed E-state index contributed by atoms with van der Waals surface area (Å²) in [5.41, 5.74) is 2.89. The standard InChI is InChI=1S/C14H14N2O2/c1-8-14-9(7-12(17)15-8)13-10(16(14)2)5-4-6-11(13)18-3/h4-7H,1-3H3,(H,15,17). The average molecular weight is 242 g/mol. The Bertz CT molecular complexity index is 812. The number of nitrogens with one attached hydrogen (secondary N) is 1. The first-order valence-electron chi connectivity index (χ1n) is 5.78. The van der Waals surface area contributed by atoms with Gasteiger partial charge in [0.2, 0.25) is 5.56 Å². The largest absolute Gasteiger partial charge is 0.496 e. The number of aromatic amines is 1. The molecule has 0 spiro atoms. The first-order chi connectivity index (χ1) is 8.63. The molecule has 92 valence electrons. The number of aromatic nitrogens is 2. The van der Waals surface area contributed by atoms with E-state index in [9.17, 15) is 4.79 Å². The van der Waals surface area contributed by atoms with Crippen LogP contribution in [0.2, 0.25) is 0 Å². The molecule has 0 radical (unpaired) electrons. The monoisotopic (exact) mass is 242 g/mol. The minimum Gasteiger partial charge on any atom is -0.496 e. The second-order valence-electron chi connectivity index (χ2n) is 4.43. The molecule has 0 aliphatic carbocycles.